The van der Waals surface area contributed by atoms with Crippen LogP contribution >= 0.6 is 0 Å². The van der Waals surface area contributed by atoms with Gasteiger partial charge in [0, 0.05) is 12.2 Å². The second-order valence-electron chi connectivity index (χ2n) is 4.30. The fourth-order valence-electron chi connectivity index (χ4n) is 1.64. The van der Waals surface area contributed by atoms with Crippen molar-refractivity contribution in [1.29, 1.82) is 0 Å². The van der Waals surface area contributed by atoms with E-state index in [-0.39, 0.29) is 24.5 Å². The first-order valence-corrected chi connectivity index (χ1v) is 6.22. The summed E-state index contributed by atoms with van der Waals surface area (Å²) in [5.41, 5.74) is 0.754. The van der Waals surface area contributed by atoms with E-state index < -0.39 is 5.97 Å². The molecule has 104 valence electrons. The van der Waals surface area contributed by atoms with E-state index >= 15 is 0 Å². The van der Waals surface area contributed by atoms with E-state index in [2.05, 4.69) is 15.6 Å². The zero-order chi connectivity index (χ0) is 14.3. The Balaban J connectivity index is 2.48. The van der Waals surface area contributed by atoms with Crippen LogP contribution in [0.5, 0.6) is 0 Å². The number of carbonyl (C=O) groups excluding carboxylic acids is 1. The Kier molecular flexibility index (Phi) is 5.78. The molecule has 1 aromatic rings. The Bertz CT molecular complexity index is 422. The van der Waals surface area contributed by atoms with Gasteiger partial charge in [0.1, 0.15) is 0 Å². The highest BCUT2D eigenvalue weighted by atomic mass is 16.4. The van der Waals surface area contributed by atoms with E-state index in [0.29, 0.717) is 6.42 Å². The highest BCUT2D eigenvalue weighted by Gasteiger charge is 2.16. The minimum absolute atomic E-state index is 0.0815. The van der Waals surface area contributed by atoms with E-state index in [1.165, 1.54) is 0 Å². The Hall–Kier alpha value is -2.11. The molecule has 6 heteroatoms. The third-order valence-corrected chi connectivity index (χ3v) is 2.73. The number of pyridine rings is 1. The number of urea groups is 1. The molecule has 0 aliphatic rings. The van der Waals surface area contributed by atoms with Gasteiger partial charge in [0.2, 0.25) is 0 Å². The van der Waals surface area contributed by atoms with Gasteiger partial charge in [-0.05, 0) is 25.5 Å². The molecule has 3 N–H and O–H groups in total. The highest BCUT2D eigenvalue weighted by molar-refractivity contribution is 5.76. The fourth-order valence-corrected chi connectivity index (χ4v) is 1.64. The second kappa shape index (κ2) is 7.35. The molecule has 2 atom stereocenters. The summed E-state index contributed by atoms with van der Waals surface area (Å²) >= 11 is 0. The fraction of sp³-hybridized carbons (Fsp3) is 0.462. The lowest BCUT2D eigenvalue weighted by atomic mass is 10.1. The van der Waals surface area contributed by atoms with E-state index in [1.54, 1.807) is 12.3 Å². The molecule has 19 heavy (non-hydrogen) atoms. The third-order valence-electron chi connectivity index (χ3n) is 2.73. The van der Waals surface area contributed by atoms with Gasteiger partial charge in [-0.3, -0.25) is 9.78 Å². The summed E-state index contributed by atoms with van der Waals surface area (Å²) in [5.74, 6) is -0.926. The van der Waals surface area contributed by atoms with E-state index in [1.807, 2.05) is 26.0 Å². The van der Waals surface area contributed by atoms with Crippen LogP contribution in [-0.2, 0) is 4.79 Å². The summed E-state index contributed by atoms with van der Waals surface area (Å²) in [7, 11) is 0. The van der Waals surface area contributed by atoms with Crippen molar-refractivity contribution in [2.24, 2.45) is 0 Å². The molecular weight excluding hydrogens is 246 g/mol. The van der Waals surface area contributed by atoms with Gasteiger partial charge < -0.3 is 15.7 Å². The molecule has 1 heterocycles. The monoisotopic (exact) mass is 265 g/mol. The number of nitrogens with zero attached hydrogens (tertiary/aromatic N) is 1. The summed E-state index contributed by atoms with van der Waals surface area (Å²) < 4.78 is 0. The number of rotatable bonds is 6. The number of carboxylic acid groups (broad SMARTS) is 1. The molecule has 0 bridgehead atoms. The van der Waals surface area contributed by atoms with Gasteiger partial charge in [-0.25, -0.2) is 4.79 Å². The van der Waals surface area contributed by atoms with Gasteiger partial charge in [0.25, 0.3) is 0 Å². The smallest absolute Gasteiger partial charge is 0.315 e. The van der Waals surface area contributed by atoms with Crippen LogP contribution in [0.2, 0.25) is 0 Å². The minimum Gasteiger partial charge on any atom is -0.481 e. The van der Waals surface area contributed by atoms with Crippen LogP contribution < -0.4 is 10.6 Å². The number of hydrogen-bond acceptors (Lipinski definition) is 3. The summed E-state index contributed by atoms with van der Waals surface area (Å²) in [6.07, 6.45) is 2.14. The largest absolute Gasteiger partial charge is 0.481 e. The van der Waals surface area contributed by atoms with Gasteiger partial charge in [0.05, 0.1) is 18.2 Å². The summed E-state index contributed by atoms with van der Waals surface area (Å²) in [5, 5.41) is 14.1. The Morgan fingerprint density at radius 1 is 1.37 bits per heavy atom. The molecular formula is C13H19N3O3. The van der Waals surface area contributed by atoms with Crippen molar-refractivity contribution in [2.45, 2.75) is 38.8 Å². The van der Waals surface area contributed by atoms with Crippen LogP contribution in [-0.4, -0.2) is 28.1 Å². The van der Waals surface area contributed by atoms with Crippen molar-refractivity contribution in [2.75, 3.05) is 0 Å². The number of aromatic nitrogens is 1. The minimum atomic E-state index is -0.926. The molecule has 0 aliphatic heterocycles. The summed E-state index contributed by atoms with van der Waals surface area (Å²) in [6.45, 7) is 3.65. The number of carboxylic acids is 1. The van der Waals surface area contributed by atoms with Crippen molar-refractivity contribution < 1.29 is 14.7 Å². The van der Waals surface area contributed by atoms with Gasteiger partial charge >= 0.3 is 12.0 Å². The van der Waals surface area contributed by atoms with E-state index in [4.69, 9.17) is 5.11 Å². The van der Waals surface area contributed by atoms with Gasteiger partial charge in [0.15, 0.2) is 0 Å². The van der Waals surface area contributed by atoms with Crippen LogP contribution in [0, 0.1) is 0 Å². The van der Waals surface area contributed by atoms with Gasteiger partial charge in [-0.15, -0.1) is 0 Å². The Labute approximate surface area is 112 Å². The predicted molar refractivity (Wildman–Crippen MR) is 70.7 cm³/mol. The Morgan fingerprint density at radius 2 is 2.11 bits per heavy atom. The lowest BCUT2D eigenvalue weighted by Gasteiger charge is -2.18. The van der Waals surface area contributed by atoms with E-state index in [9.17, 15) is 9.59 Å². The molecule has 0 radical (unpaired) electrons. The first-order valence-electron chi connectivity index (χ1n) is 6.22. The van der Waals surface area contributed by atoms with Crippen molar-refractivity contribution >= 4 is 12.0 Å². The van der Waals surface area contributed by atoms with Crippen molar-refractivity contribution in [3.8, 4) is 0 Å². The molecule has 0 fully saturated rings. The zero-order valence-corrected chi connectivity index (χ0v) is 11.1. The number of hydrogen-bond donors (Lipinski definition) is 3. The van der Waals surface area contributed by atoms with Crippen LogP contribution in [0.1, 0.15) is 38.4 Å². The van der Waals surface area contributed by atoms with Crippen LogP contribution in [0.4, 0.5) is 4.79 Å². The maximum absolute atomic E-state index is 11.7. The van der Waals surface area contributed by atoms with Crippen LogP contribution in [0.15, 0.2) is 24.4 Å². The highest BCUT2D eigenvalue weighted by Crippen LogP contribution is 2.07. The topological polar surface area (TPSA) is 91.3 Å². The van der Waals surface area contributed by atoms with Crippen molar-refractivity contribution in [3.05, 3.63) is 30.1 Å². The summed E-state index contributed by atoms with van der Waals surface area (Å²) in [6, 6.07) is 4.48. The normalized spacial score (nSPS) is 13.4. The van der Waals surface area contributed by atoms with Crippen molar-refractivity contribution in [1.82, 2.24) is 15.6 Å². The molecule has 0 aliphatic carbocycles. The maximum atomic E-state index is 11.7. The lowest BCUT2D eigenvalue weighted by molar-refractivity contribution is -0.137. The Morgan fingerprint density at radius 3 is 2.63 bits per heavy atom. The molecule has 0 aromatic carbocycles. The summed E-state index contributed by atoms with van der Waals surface area (Å²) in [4.78, 5) is 26.5. The van der Waals surface area contributed by atoms with Gasteiger partial charge in [-0.2, -0.15) is 0 Å². The molecule has 2 amide bonds. The first-order chi connectivity index (χ1) is 9.02. The molecule has 0 saturated carbocycles. The third kappa shape index (κ3) is 5.37. The average molecular weight is 265 g/mol. The first kappa shape index (κ1) is 14.9. The number of carbonyl (C=O) groups is 2. The molecule has 6 nitrogen and oxygen atoms in total. The second-order valence-corrected chi connectivity index (χ2v) is 4.30. The lowest BCUT2D eigenvalue weighted by Crippen LogP contribution is -2.43. The standard InChI is InChI=1S/C13H19N3O3/c1-3-10(8-12(17)18)16-13(19)15-9(2)11-6-4-5-7-14-11/h4-7,9-10H,3,8H2,1-2H3,(H,17,18)(H2,15,16,19). The quantitative estimate of drug-likeness (QED) is 0.730. The average Bonchev–Trinajstić information content (AvgIpc) is 2.38. The van der Waals surface area contributed by atoms with Crippen LogP contribution in [0.3, 0.4) is 0 Å². The van der Waals surface area contributed by atoms with Crippen LogP contribution in [0.25, 0.3) is 0 Å². The molecule has 2 unspecified atom stereocenters. The molecule has 0 saturated heterocycles. The predicted octanol–water partition coefficient (Wildman–Crippen LogP) is 1.70. The number of aliphatic carboxylic acids is 1. The zero-order valence-electron chi connectivity index (χ0n) is 11.1. The number of amides is 2. The molecule has 0 spiro atoms. The molecule has 1 rings (SSSR count). The van der Waals surface area contributed by atoms with Crippen molar-refractivity contribution in [3.63, 3.8) is 0 Å². The van der Waals surface area contributed by atoms with Gasteiger partial charge in [-0.1, -0.05) is 13.0 Å². The van der Waals surface area contributed by atoms with E-state index in [0.717, 1.165) is 5.69 Å². The number of nitrogens with one attached hydrogen (secondary N) is 2. The molecule has 1 aromatic heterocycles. The maximum Gasteiger partial charge on any atom is 0.315 e. The SMILES string of the molecule is CCC(CC(=O)O)NC(=O)NC(C)c1ccccn1.